The Hall–Kier alpha value is -3.33. The highest BCUT2D eigenvalue weighted by atomic mass is 32.2. The number of thiophene rings is 1. The van der Waals surface area contributed by atoms with Crippen molar-refractivity contribution in [1.82, 2.24) is 4.72 Å². The van der Waals surface area contributed by atoms with Gasteiger partial charge >= 0.3 is 0 Å². The minimum atomic E-state index is -3.98. The van der Waals surface area contributed by atoms with Crippen molar-refractivity contribution in [1.29, 1.82) is 0 Å². The van der Waals surface area contributed by atoms with E-state index in [1.165, 1.54) is 18.2 Å². The third-order valence-corrected chi connectivity index (χ3v) is 8.41. The van der Waals surface area contributed by atoms with Gasteiger partial charge in [0.25, 0.3) is 5.91 Å². The van der Waals surface area contributed by atoms with Crippen molar-refractivity contribution in [2.45, 2.75) is 30.7 Å². The molecule has 3 aromatic carbocycles. The second kappa shape index (κ2) is 9.37. The van der Waals surface area contributed by atoms with E-state index in [0.717, 1.165) is 33.9 Å². The Morgan fingerprint density at radius 1 is 1.00 bits per heavy atom. The molecule has 178 valence electrons. The maximum atomic E-state index is 14.0. The van der Waals surface area contributed by atoms with Crippen LogP contribution in [0.5, 0.6) is 0 Å². The van der Waals surface area contributed by atoms with Crippen LogP contribution in [0.1, 0.15) is 27.0 Å². The first-order valence-electron chi connectivity index (χ1n) is 11.1. The van der Waals surface area contributed by atoms with Gasteiger partial charge in [-0.3, -0.25) is 4.79 Å². The molecule has 1 aliphatic carbocycles. The van der Waals surface area contributed by atoms with Crippen LogP contribution in [0.4, 0.5) is 10.1 Å². The van der Waals surface area contributed by atoms with Gasteiger partial charge in [-0.2, -0.15) is 11.3 Å². The molecule has 1 aliphatic rings. The minimum Gasteiger partial charge on any atom is -0.322 e. The van der Waals surface area contributed by atoms with Gasteiger partial charge in [0.15, 0.2) is 0 Å². The quantitative estimate of drug-likeness (QED) is 0.360. The number of rotatable bonds is 6. The monoisotopic (exact) mass is 506 g/mol. The topological polar surface area (TPSA) is 75.3 Å². The third-order valence-electron chi connectivity index (χ3n) is 6.17. The lowest BCUT2D eigenvalue weighted by Crippen LogP contribution is -2.35. The number of aryl methyl sites for hydroxylation is 1. The van der Waals surface area contributed by atoms with Gasteiger partial charge in [-0.05, 0) is 94.7 Å². The van der Waals surface area contributed by atoms with Gasteiger partial charge < -0.3 is 5.32 Å². The lowest BCUT2D eigenvalue weighted by molar-refractivity contribution is 0.102. The second-order valence-corrected chi connectivity index (χ2v) is 11.1. The fourth-order valence-electron chi connectivity index (χ4n) is 4.57. The molecule has 0 fully saturated rings. The Labute approximate surface area is 207 Å². The zero-order chi connectivity index (χ0) is 24.6. The summed E-state index contributed by atoms with van der Waals surface area (Å²) in [5.74, 6) is -0.983. The number of nitrogens with one attached hydrogen (secondary N) is 2. The summed E-state index contributed by atoms with van der Waals surface area (Å²) in [6.07, 6.45) is 0.953. The summed E-state index contributed by atoms with van der Waals surface area (Å²) in [7, 11) is -3.98. The average molecular weight is 507 g/mol. The smallest absolute Gasteiger partial charge is 0.256 e. The Bertz CT molecular complexity index is 1520. The van der Waals surface area contributed by atoms with E-state index in [0.29, 0.717) is 24.1 Å². The molecule has 0 saturated carbocycles. The first-order valence-corrected chi connectivity index (χ1v) is 13.6. The molecule has 1 amide bonds. The van der Waals surface area contributed by atoms with E-state index in [9.17, 15) is 17.6 Å². The molecule has 0 spiro atoms. The lowest BCUT2D eigenvalue weighted by atomic mass is 9.96. The highest BCUT2D eigenvalue weighted by Gasteiger charge is 2.28. The molecule has 0 saturated heterocycles. The summed E-state index contributed by atoms with van der Waals surface area (Å²) in [6.45, 7) is 1.99. The molecule has 8 heteroatoms. The number of carbonyl (C=O) groups excluding carboxylic acids is 1. The second-order valence-electron chi connectivity index (χ2n) is 8.60. The number of halogens is 1. The minimum absolute atomic E-state index is 0.204. The van der Waals surface area contributed by atoms with E-state index < -0.39 is 15.8 Å². The number of carbonyl (C=O) groups is 1. The summed E-state index contributed by atoms with van der Waals surface area (Å²) < 4.78 is 42.0. The van der Waals surface area contributed by atoms with Gasteiger partial charge in [0.05, 0.1) is 0 Å². The Morgan fingerprint density at radius 2 is 1.80 bits per heavy atom. The molecule has 1 heterocycles. The highest BCUT2D eigenvalue weighted by molar-refractivity contribution is 7.89. The van der Waals surface area contributed by atoms with E-state index in [2.05, 4.69) is 10.0 Å². The maximum Gasteiger partial charge on any atom is 0.256 e. The van der Waals surface area contributed by atoms with Gasteiger partial charge in [-0.25, -0.2) is 17.5 Å². The molecule has 5 rings (SSSR count). The summed E-state index contributed by atoms with van der Waals surface area (Å²) in [5.41, 5.74) is 6.14. The molecule has 2 N–H and O–H groups in total. The van der Waals surface area contributed by atoms with Crippen LogP contribution in [0, 0.1) is 12.7 Å². The molecule has 0 bridgehead atoms. The first kappa shape index (κ1) is 23.4. The third kappa shape index (κ3) is 4.77. The number of fused-ring (bicyclic) bond motifs is 1. The molecule has 0 radical (unpaired) electrons. The van der Waals surface area contributed by atoms with E-state index in [1.807, 2.05) is 60.1 Å². The normalized spacial score (nSPS) is 15.1. The largest absolute Gasteiger partial charge is 0.322 e. The van der Waals surface area contributed by atoms with Crippen LogP contribution >= 0.6 is 11.3 Å². The lowest BCUT2D eigenvalue weighted by Gasteiger charge is -2.13. The summed E-state index contributed by atoms with van der Waals surface area (Å²) in [5, 5.41) is 7.00. The zero-order valence-electron chi connectivity index (χ0n) is 18.9. The van der Waals surface area contributed by atoms with Crippen molar-refractivity contribution in [2.75, 3.05) is 5.32 Å². The molecule has 35 heavy (non-hydrogen) atoms. The van der Waals surface area contributed by atoms with Crippen molar-refractivity contribution >= 4 is 33.0 Å². The number of hydrogen-bond acceptors (Lipinski definition) is 4. The van der Waals surface area contributed by atoms with E-state index in [4.69, 9.17) is 0 Å². The molecular formula is C27H23FN2O3S2. The molecule has 1 atom stereocenters. The van der Waals surface area contributed by atoms with Crippen molar-refractivity contribution < 1.29 is 17.6 Å². The fraction of sp³-hybridized carbons (Fsp3) is 0.148. The van der Waals surface area contributed by atoms with Gasteiger partial charge in [-0.1, -0.05) is 30.3 Å². The van der Waals surface area contributed by atoms with Crippen LogP contribution in [0.25, 0.3) is 11.1 Å². The van der Waals surface area contributed by atoms with Crippen molar-refractivity contribution in [3.63, 3.8) is 0 Å². The Balaban J connectivity index is 1.33. The predicted octanol–water partition coefficient (Wildman–Crippen LogP) is 5.56. The fourth-order valence-corrected chi connectivity index (χ4v) is 6.53. The molecule has 0 aliphatic heterocycles. The number of benzene rings is 3. The van der Waals surface area contributed by atoms with Gasteiger partial charge in [0, 0.05) is 17.3 Å². The predicted molar refractivity (Wildman–Crippen MR) is 137 cm³/mol. The Kier molecular flexibility index (Phi) is 6.27. The van der Waals surface area contributed by atoms with Crippen molar-refractivity contribution in [3.8, 4) is 11.1 Å². The number of anilines is 1. The van der Waals surface area contributed by atoms with Crippen molar-refractivity contribution in [2.24, 2.45) is 0 Å². The summed E-state index contributed by atoms with van der Waals surface area (Å²) in [6, 6.07) is 18.2. The summed E-state index contributed by atoms with van der Waals surface area (Å²) >= 11 is 1.58. The molecule has 5 nitrogen and oxygen atoms in total. The number of amides is 1. The maximum absolute atomic E-state index is 14.0. The first-order chi connectivity index (χ1) is 16.8. The molecule has 1 unspecified atom stereocenters. The van der Waals surface area contributed by atoms with Crippen LogP contribution in [-0.2, 0) is 22.9 Å². The molecule has 1 aromatic heterocycles. The summed E-state index contributed by atoms with van der Waals surface area (Å²) in [4.78, 5) is 12.8. The van der Waals surface area contributed by atoms with Crippen LogP contribution in [0.2, 0.25) is 0 Å². The van der Waals surface area contributed by atoms with E-state index >= 15 is 0 Å². The molecular weight excluding hydrogens is 483 g/mol. The Morgan fingerprint density at radius 3 is 2.57 bits per heavy atom. The van der Waals surface area contributed by atoms with Gasteiger partial charge in [0.1, 0.15) is 10.7 Å². The number of sulfonamides is 1. The zero-order valence-corrected chi connectivity index (χ0v) is 20.5. The highest BCUT2D eigenvalue weighted by Crippen LogP contribution is 2.31. The van der Waals surface area contributed by atoms with Gasteiger partial charge in [0.2, 0.25) is 10.0 Å². The standard InChI is InChI=1S/C27H23FN2O3S2/c1-17-5-4-6-23(26(17)19-11-12-34-16-19)27(31)29-21-10-9-18-13-22(15-20(18)14-21)30-35(32,33)25-8-3-2-7-24(25)28/h2-12,14,16,22,30H,13,15H2,1H3,(H,29,31). The molecule has 4 aromatic rings. The van der Waals surface area contributed by atoms with Crippen LogP contribution in [-0.4, -0.2) is 20.4 Å². The van der Waals surface area contributed by atoms with Gasteiger partial charge in [-0.15, -0.1) is 0 Å². The van der Waals surface area contributed by atoms with Crippen LogP contribution < -0.4 is 10.0 Å². The van der Waals surface area contributed by atoms with Crippen molar-refractivity contribution in [3.05, 3.63) is 106 Å². The van der Waals surface area contributed by atoms with Crippen LogP contribution in [0.15, 0.2) is 82.4 Å². The van der Waals surface area contributed by atoms with E-state index in [-0.39, 0.29) is 16.8 Å². The van der Waals surface area contributed by atoms with Crippen LogP contribution in [0.3, 0.4) is 0 Å². The SMILES string of the molecule is Cc1cccc(C(=O)Nc2ccc3c(c2)CC(NS(=O)(=O)c2ccccc2F)C3)c1-c1ccsc1. The van der Waals surface area contributed by atoms with E-state index in [1.54, 1.807) is 11.3 Å². The average Bonchev–Trinajstić information content (AvgIpc) is 3.48. The number of hydrogen-bond donors (Lipinski definition) is 2.